The van der Waals surface area contributed by atoms with Gasteiger partial charge in [0.15, 0.2) is 0 Å². The van der Waals surface area contributed by atoms with Crippen LogP contribution >= 0.6 is 0 Å². The zero-order chi connectivity index (χ0) is 12.7. The van der Waals surface area contributed by atoms with Crippen LogP contribution in [0.1, 0.15) is 19.8 Å². The number of likely N-dealkylation sites (tertiary alicyclic amines) is 1. The quantitative estimate of drug-likeness (QED) is 0.729. The molecule has 102 valence electrons. The maximum absolute atomic E-state index is 11.8. The van der Waals surface area contributed by atoms with Crippen molar-refractivity contribution in [2.45, 2.75) is 32.0 Å². The second-order valence-electron chi connectivity index (χ2n) is 4.33. The summed E-state index contributed by atoms with van der Waals surface area (Å²) in [6, 6.07) is 0.423. The highest BCUT2D eigenvalue weighted by molar-refractivity contribution is 4.76. The number of piperidine rings is 1. The predicted molar refractivity (Wildman–Crippen MR) is 60.0 cm³/mol. The Bertz CT molecular complexity index is 203. The van der Waals surface area contributed by atoms with E-state index in [1.54, 1.807) is 0 Å². The van der Waals surface area contributed by atoms with E-state index in [4.69, 9.17) is 0 Å². The molecule has 0 aliphatic carbocycles. The van der Waals surface area contributed by atoms with E-state index in [0.29, 0.717) is 12.6 Å². The molecule has 0 bridgehead atoms. The summed E-state index contributed by atoms with van der Waals surface area (Å²) in [5.41, 5.74) is 0. The third kappa shape index (κ3) is 6.85. The number of hydrogen-bond acceptors (Lipinski definition) is 3. The van der Waals surface area contributed by atoms with Crippen LogP contribution in [-0.2, 0) is 4.74 Å². The van der Waals surface area contributed by atoms with Gasteiger partial charge in [0.05, 0.1) is 6.61 Å². The first kappa shape index (κ1) is 14.7. The minimum absolute atomic E-state index is 0.119. The molecule has 0 aromatic carbocycles. The van der Waals surface area contributed by atoms with Gasteiger partial charge in [-0.15, -0.1) is 0 Å². The van der Waals surface area contributed by atoms with Gasteiger partial charge in [0.2, 0.25) is 0 Å². The lowest BCUT2D eigenvalue weighted by Gasteiger charge is -2.31. The average molecular weight is 254 g/mol. The fourth-order valence-electron chi connectivity index (χ4n) is 1.98. The summed E-state index contributed by atoms with van der Waals surface area (Å²) in [5.74, 6) is 0. The zero-order valence-corrected chi connectivity index (χ0v) is 10.2. The van der Waals surface area contributed by atoms with E-state index in [2.05, 4.69) is 21.9 Å². The molecule has 0 spiro atoms. The SMILES string of the molecule is CCN1CCC(NCCOCC(F)(F)F)CC1. The van der Waals surface area contributed by atoms with E-state index in [1.165, 1.54) is 0 Å². The van der Waals surface area contributed by atoms with Crippen LogP contribution in [0.2, 0.25) is 0 Å². The number of nitrogens with one attached hydrogen (secondary N) is 1. The Morgan fingerprint density at radius 2 is 1.94 bits per heavy atom. The van der Waals surface area contributed by atoms with Crippen molar-refractivity contribution >= 4 is 0 Å². The van der Waals surface area contributed by atoms with Crippen molar-refractivity contribution in [3.63, 3.8) is 0 Å². The van der Waals surface area contributed by atoms with Gasteiger partial charge >= 0.3 is 6.18 Å². The molecule has 3 nitrogen and oxygen atoms in total. The van der Waals surface area contributed by atoms with E-state index in [9.17, 15) is 13.2 Å². The summed E-state index contributed by atoms with van der Waals surface area (Å²) in [7, 11) is 0. The molecular formula is C11H21F3N2O. The highest BCUT2D eigenvalue weighted by Crippen LogP contribution is 2.14. The van der Waals surface area contributed by atoms with Crippen LogP contribution < -0.4 is 5.32 Å². The van der Waals surface area contributed by atoms with Crippen molar-refractivity contribution in [2.24, 2.45) is 0 Å². The van der Waals surface area contributed by atoms with Crippen LogP contribution in [0.5, 0.6) is 0 Å². The lowest BCUT2D eigenvalue weighted by molar-refractivity contribution is -0.173. The molecule has 0 aromatic rings. The molecule has 1 aliphatic rings. The molecule has 0 amide bonds. The molecule has 1 saturated heterocycles. The molecule has 0 radical (unpaired) electrons. The van der Waals surface area contributed by atoms with E-state index in [0.717, 1.165) is 32.5 Å². The van der Waals surface area contributed by atoms with Crippen LogP contribution in [-0.4, -0.2) is 56.5 Å². The van der Waals surface area contributed by atoms with Crippen molar-refractivity contribution in [2.75, 3.05) is 39.4 Å². The lowest BCUT2D eigenvalue weighted by atomic mass is 10.1. The fourth-order valence-corrected chi connectivity index (χ4v) is 1.98. The van der Waals surface area contributed by atoms with Gasteiger partial charge in [-0.25, -0.2) is 0 Å². The molecule has 1 aliphatic heterocycles. The summed E-state index contributed by atoms with van der Waals surface area (Å²) in [6.45, 7) is 4.80. The maximum atomic E-state index is 11.8. The monoisotopic (exact) mass is 254 g/mol. The van der Waals surface area contributed by atoms with Crippen molar-refractivity contribution in [3.8, 4) is 0 Å². The zero-order valence-electron chi connectivity index (χ0n) is 10.2. The Kier molecular flexibility index (Phi) is 6.22. The maximum Gasteiger partial charge on any atom is 0.411 e. The number of nitrogens with zero attached hydrogens (tertiary/aromatic N) is 1. The fraction of sp³-hybridized carbons (Fsp3) is 1.00. The van der Waals surface area contributed by atoms with Crippen LogP contribution in [0, 0.1) is 0 Å². The molecule has 0 unspecified atom stereocenters. The van der Waals surface area contributed by atoms with Gasteiger partial charge in [0.25, 0.3) is 0 Å². The van der Waals surface area contributed by atoms with Crippen molar-refractivity contribution < 1.29 is 17.9 Å². The highest BCUT2D eigenvalue weighted by atomic mass is 19.4. The van der Waals surface area contributed by atoms with Gasteiger partial charge in [-0.3, -0.25) is 0 Å². The first-order chi connectivity index (χ1) is 8.01. The summed E-state index contributed by atoms with van der Waals surface area (Å²) >= 11 is 0. The summed E-state index contributed by atoms with van der Waals surface area (Å²) in [4.78, 5) is 2.37. The minimum atomic E-state index is -4.22. The first-order valence-electron chi connectivity index (χ1n) is 6.11. The van der Waals surface area contributed by atoms with Crippen LogP contribution in [0.3, 0.4) is 0 Å². The number of alkyl halides is 3. The molecule has 6 heteroatoms. The summed E-state index contributed by atoms with van der Waals surface area (Å²) < 4.78 is 39.8. The number of hydrogen-bond donors (Lipinski definition) is 1. The molecular weight excluding hydrogens is 233 g/mol. The standard InChI is InChI=1S/C11H21F3N2O/c1-2-16-6-3-10(4-7-16)15-5-8-17-9-11(12,13)14/h10,15H,2-9H2,1H3. The van der Waals surface area contributed by atoms with Gasteiger partial charge in [0, 0.05) is 12.6 Å². The smallest absolute Gasteiger partial charge is 0.371 e. The third-order valence-corrected chi connectivity index (χ3v) is 2.98. The predicted octanol–water partition coefficient (Wildman–Crippen LogP) is 1.64. The molecule has 1 fully saturated rings. The van der Waals surface area contributed by atoms with Crippen molar-refractivity contribution in [3.05, 3.63) is 0 Å². The van der Waals surface area contributed by atoms with Crippen LogP contribution in [0.25, 0.3) is 0 Å². The summed E-state index contributed by atoms with van der Waals surface area (Å²) in [5, 5.41) is 3.23. The Labute approximate surface area is 100 Å². The second-order valence-corrected chi connectivity index (χ2v) is 4.33. The topological polar surface area (TPSA) is 24.5 Å². The number of ether oxygens (including phenoxy) is 1. The molecule has 1 heterocycles. The number of halogens is 3. The van der Waals surface area contributed by atoms with E-state index >= 15 is 0 Å². The minimum Gasteiger partial charge on any atom is -0.371 e. The third-order valence-electron chi connectivity index (χ3n) is 2.98. The lowest BCUT2D eigenvalue weighted by Crippen LogP contribution is -2.43. The Morgan fingerprint density at radius 1 is 1.29 bits per heavy atom. The van der Waals surface area contributed by atoms with Gasteiger partial charge in [-0.2, -0.15) is 13.2 Å². The second kappa shape index (κ2) is 7.18. The van der Waals surface area contributed by atoms with Gasteiger partial charge in [-0.1, -0.05) is 6.92 Å². The Morgan fingerprint density at radius 3 is 2.47 bits per heavy atom. The molecule has 1 rings (SSSR count). The molecule has 1 N–H and O–H groups in total. The van der Waals surface area contributed by atoms with E-state index in [-0.39, 0.29) is 6.61 Å². The van der Waals surface area contributed by atoms with Gasteiger partial charge in [-0.05, 0) is 32.5 Å². The van der Waals surface area contributed by atoms with E-state index < -0.39 is 12.8 Å². The van der Waals surface area contributed by atoms with E-state index in [1.807, 2.05) is 0 Å². The van der Waals surface area contributed by atoms with Gasteiger partial charge < -0.3 is 15.0 Å². The van der Waals surface area contributed by atoms with Crippen molar-refractivity contribution in [1.29, 1.82) is 0 Å². The Balaban J connectivity index is 1.97. The van der Waals surface area contributed by atoms with Crippen LogP contribution in [0.15, 0.2) is 0 Å². The Hall–Kier alpha value is -0.330. The first-order valence-corrected chi connectivity index (χ1v) is 6.11. The summed E-state index contributed by atoms with van der Waals surface area (Å²) in [6.07, 6.45) is -2.09. The number of rotatable bonds is 6. The normalized spacial score (nSPS) is 19.8. The van der Waals surface area contributed by atoms with Gasteiger partial charge in [0.1, 0.15) is 6.61 Å². The largest absolute Gasteiger partial charge is 0.411 e. The van der Waals surface area contributed by atoms with Crippen LogP contribution in [0.4, 0.5) is 13.2 Å². The molecule has 17 heavy (non-hydrogen) atoms. The molecule has 0 saturated carbocycles. The van der Waals surface area contributed by atoms with Crippen molar-refractivity contribution in [1.82, 2.24) is 10.2 Å². The molecule has 0 atom stereocenters. The average Bonchev–Trinajstić information content (AvgIpc) is 2.28. The highest BCUT2D eigenvalue weighted by Gasteiger charge is 2.27. The molecule has 0 aromatic heterocycles.